The van der Waals surface area contributed by atoms with Crippen molar-refractivity contribution in [2.75, 3.05) is 11.9 Å². The number of hydrogen-bond donors (Lipinski definition) is 3. The largest absolute Gasteiger partial charge is 0.481 e. The monoisotopic (exact) mass is 315 g/mol. The molecule has 21 heavy (non-hydrogen) atoms. The van der Waals surface area contributed by atoms with E-state index in [4.69, 9.17) is 17.3 Å². The van der Waals surface area contributed by atoms with Gasteiger partial charge in [-0.1, -0.05) is 12.8 Å². The van der Waals surface area contributed by atoms with Gasteiger partial charge in [0.05, 0.1) is 0 Å². The number of carbonyl (C=O) groups is 1. The van der Waals surface area contributed by atoms with Crippen LogP contribution in [0.25, 0.3) is 0 Å². The first kappa shape index (κ1) is 17.6. The number of aliphatic carboxylic acids is 1. The summed E-state index contributed by atoms with van der Waals surface area (Å²) < 4.78 is 0. The summed E-state index contributed by atoms with van der Waals surface area (Å²) in [6, 6.07) is 0.115. The van der Waals surface area contributed by atoms with Crippen LogP contribution in [0, 0.1) is 0 Å². The molecule has 1 rings (SSSR count). The summed E-state index contributed by atoms with van der Waals surface area (Å²) in [5.74, 6) is -1.25. The Bertz CT molecular complexity index is 470. The fraction of sp³-hybridized carbons (Fsp3) is 0.692. The molecule has 0 fully saturated rings. The lowest BCUT2D eigenvalue weighted by molar-refractivity contribution is -0.139. The minimum atomic E-state index is -0.958. The molecule has 0 aromatic carbocycles. The molecule has 1 atom stereocenters. The average molecular weight is 316 g/mol. The molecule has 0 saturated heterocycles. The number of anilines is 1. The molecule has 1 aromatic rings. The summed E-state index contributed by atoms with van der Waals surface area (Å²) in [6.45, 7) is 4.47. The van der Waals surface area contributed by atoms with Crippen molar-refractivity contribution in [2.45, 2.75) is 51.5 Å². The Labute approximate surface area is 129 Å². The smallest absolute Gasteiger partial charge is 0.314 e. The summed E-state index contributed by atoms with van der Waals surface area (Å²) in [5, 5.41) is 12.4. The predicted octanol–water partition coefficient (Wildman–Crippen LogP) is 2.03. The molecule has 1 aromatic heterocycles. The van der Waals surface area contributed by atoms with Crippen LogP contribution in [0.15, 0.2) is 0 Å². The number of hydrogen-bond acceptors (Lipinski definition) is 6. The van der Waals surface area contributed by atoms with Gasteiger partial charge in [0.2, 0.25) is 11.2 Å². The van der Waals surface area contributed by atoms with Crippen LogP contribution < -0.4 is 11.1 Å². The number of rotatable bonds is 9. The van der Waals surface area contributed by atoms with Crippen molar-refractivity contribution in [3.63, 3.8) is 0 Å². The van der Waals surface area contributed by atoms with Gasteiger partial charge in [0.15, 0.2) is 0 Å². The van der Waals surface area contributed by atoms with E-state index in [1.54, 1.807) is 0 Å². The molecule has 0 radical (unpaired) electrons. The second kappa shape index (κ2) is 8.74. The maximum Gasteiger partial charge on any atom is 0.314 e. The first-order valence-electron chi connectivity index (χ1n) is 7.05. The van der Waals surface area contributed by atoms with Gasteiger partial charge in [-0.15, -0.1) is 0 Å². The third kappa shape index (κ3) is 6.22. The van der Waals surface area contributed by atoms with Crippen molar-refractivity contribution in [2.24, 2.45) is 5.73 Å². The number of unbranched alkanes of at least 4 members (excludes halogenated alkanes) is 2. The molecule has 0 amide bonds. The van der Waals surface area contributed by atoms with E-state index in [1.807, 2.05) is 13.8 Å². The number of aromatic nitrogens is 3. The molecule has 0 aliphatic carbocycles. The Balaban J connectivity index is 2.86. The molecular weight excluding hydrogens is 294 g/mol. The first-order valence-corrected chi connectivity index (χ1v) is 7.42. The van der Waals surface area contributed by atoms with Gasteiger partial charge in [0, 0.05) is 6.04 Å². The Morgan fingerprint density at radius 3 is 2.57 bits per heavy atom. The highest BCUT2D eigenvalue weighted by Gasteiger charge is 2.24. The molecule has 1 heterocycles. The van der Waals surface area contributed by atoms with E-state index in [2.05, 4.69) is 20.3 Å². The van der Waals surface area contributed by atoms with E-state index in [-0.39, 0.29) is 17.1 Å². The normalized spacial score (nSPS) is 12.4. The van der Waals surface area contributed by atoms with E-state index in [0.717, 1.165) is 19.3 Å². The number of carboxylic acid groups (broad SMARTS) is 1. The van der Waals surface area contributed by atoms with Crippen molar-refractivity contribution in [1.29, 1.82) is 0 Å². The number of nitrogens with one attached hydrogen (secondary N) is 1. The molecule has 4 N–H and O–H groups in total. The van der Waals surface area contributed by atoms with Crippen molar-refractivity contribution in [3.8, 4) is 0 Å². The number of carboxylic acids is 1. The fourth-order valence-corrected chi connectivity index (χ4v) is 2.04. The zero-order valence-electron chi connectivity index (χ0n) is 12.3. The summed E-state index contributed by atoms with van der Waals surface area (Å²) in [7, 11) is 0. The topological polar surface area (TPSA) is 114 Å². The van der Waals surface area contributed by atoms with Crippen LogP contribution >= 0.6 is 11.6 Å². The average Bonchev–Trinajstić information content (AvgIpc) is 2.36. The van der Waals surface area contributed by atoms with Crippen molar-refractivity contribution in [3.05, 3.63) is 11.1 Å². The van der Waals surface area contributed by atoms with Gasteiger partial charge in [-0.3, -0.25) is 4.79 Å². The van der Waals surface area contributed by atoms with Gasteiger partial charge in [0.1, 0.15) is 11.7 Å². The fourth-order valence-electron chi connectivity index (χ4n) is 1.88. The lowest BCUT2D eigenvalue weighted by Crippen LogP contribution is -2.19. The highest BCUT2D eigenvalue weighted by Crippen LogP contribution is 2.22. The van der Waals surface area contributed by atoms with E-state index in [1.165, 1.54) is 0 Å². The highest BCUT2D eigenvalue weighted by atomic mass is 35.5. The first-order chi connectivity index (χ1) is 9.93. The van der Waals surface area contributed by atoms with Crippen molar-refractivity contribution < 1.29 is 9.90 Å². The van der Waals surface area contributed by atoms with Gasteiger partial charge in [-0.25, -0.2) is 4.98 Å². The third-order valence-corrected chi connectivity index (χ3v) is 3.02. The van der Waals surface area contributed by atoms with Gasteiger partial charge >= 0.3 is 5.97 Å². The molecule has 0 spiro atoms. The second-order valence-electron chi connectivity index (χ2n) is 5.11. The highest BCUT2D eigenvalue weighted by molar-refractivity contribution is 6.28. The van der Waals surface area contributed by atoms with Gasteiger partial charge < -0.3 is 16.2 Å². The van der Waals surface area contributed by atoms with Crippen molar-refractivity contribution in [1.82, 2.24) is 15.0 Å². The lowest BCUT2D eigenvalue weighted by atomic mass is 10.0. The van der Waals surface area contributed by atoms with Gasteiger partial charge in [-0.05, 0) is 44.8 Å². The van der Waals surface area contributed by atoms with Crippen LogP contribution in [-0.4, -0.2) is 38.6 Å². The minimum absolute atomic E-state index is 0.00337. The lowest BCUT2D eigenvalue weighted by Gasteiger charge is -2.13. The molecule has 1 unspecified atom stereocenters. The number of nitrogens with zero attached hydrogens (tertiary/aromatic N) is 3. The molecule has 0 bridgehead atoms. The standard InChI is InChI=1S/C13H22ClN5O2/c1-8(2)16-13-18-10(17-12(14)19-13)9(11(20)21)6-4-3-5-7-15/h8-9H,3-7,15H2,1-2H3,(H,20,21)(H,16,17,18,19). The molecule has 0 aliphatic heterocycles. The molecule has 0 saturated carbocycles. The molecule has 7 nitrogen and oxygen atoms in total. The summed E-state index contributed by atoms with van der Waals surface area (Å²) in [5.41, 5.74) is 5.43. The van der Waals surface area contributed by atoms with Crippen LogP contribution in [0.1, 0.15) is 51.3 Å². The molecule has 118 valence electrons. The molecular formula is C13H22ClN5O2. The van der Waals surface area contributed by atoms with Crippen molar-refractivity contribution >= 4 is 23.5 Å². The van der Waals surface area contributed by atoms with Crippen LogP contribution in [-0.2, 0) is 4.79 Å². The summed E-state index contributed by atoms with van der Waals surface area (Å²) >= 11 is 5.85. The van der Waals surface area contributed by atoms with Crippen LogP contribution in [0.4, 0.5) is 5.95 Å². The Morgan fingerprint density at radius 2 is 2.00 bits per heavy atom. The Hall–Kier alpha value is -1.47. The van der Waals surface area contributed by atoms with Crippen LogP contribution in [0.5, 0.6) is 0 Å². The predicted molar refractivity (Wildman–Crippen MR) is 81.5 cm³/mol. The third-order valence-electron chi connectivity index (χ3n) is 2.85. The van der Waals surface area contributed by atoms with E-state index in [9.17, 15) is 9.90 Å². The minimum Gasteiger partial charge on any atom is -0.481 e. The maximum atomic E-state index is 11.4. The summed E-state index contributed by atoms with van der Waals surface area (Å²) in [4.78, 5) is 23.5. The SMILES string of the molecule is CC(C)Nc1nc(Cl)nc(C(CCCCCN)C(=O)O)n1. The Morgan fingerprint density at radius 1 is 1.29 bits per heavy atom. The summed E-state index contributed by atoms with van der Waals surface area (Å²) in [6.07, 6.45) is 2.97. The molecule has 0 aliphatic rings. The zero-order valence-corrected chi connectivity index (χ0v) is 13.1. The number of halogens is 1. The quantitative estimate of drug-likeness (QED) is 0.597. The van der Waals surface area contributed by atoms with E-state index >= 15 is 0 Å². The van der Waals surface area contributed by atoms with E-state index < -0.39 is 11.9 Å². The van der Waals surface area contributed by atoms with E-state index in [0.29, 0.717) is 18.9 Å². The van der Waals surface area contributed by atoms with Crippen LogP contribution in [0.2, 0.25) is 5.28 Å². The maximum absolute atomic E-state index is 11.4. The zero-order chi connectivity index (χ0) is 15.8. The van der Waals surface area contributed by atoms with Crippen LogP contribution in [0.3, 0.4) is 0 Å². The van der Waals surface area contributed by atoms with Gasteiger partial charge in [-0.2, -0.15) is 9.97 Å². The molecule has 8 heteroatoms. The number of nitrogens with two attached hydrogens (primary N) is 1. The van der Waals surface area contributed by atoms with Gasteiger partial charge in [0.25, 0.3) is 0 Å². The second-order valence-corrected chi connectivity index (χ2v) is 5.45. The Kier molecular flexibility index (Phi) is 7.31.